The molecule has 1 heterocycles. The molecular weight excluding hydrogens is 316 g/mol. The number of halogens is 1. The van der Waals surface area contributed by atoms with Gasteiger partial charge in [0.2, 0.25) is 11.9 Å². The van der Waals surface area contributed by atoms with Gasteiger partial charge in [0.1, 0.15) is 11.8 Å². The Morgan fingerprint density at radius 2 is 2.26 bits per heavy atom. The fourth-order valence-corrected chi connectivity index (χ4v) is 2.63. The highest BCUT2D eigenvalue weighted by atomic mass is 79.9. The lowest BCUT2D eigenvalue weighted by Gasteiger charge is -2.28. The van der Waals surface area contributed by atoms with Gasteiger partial charge in [-0.25, -0.2) is 0 Å². The lowest BCUT2D eigenvalue weighted by molar-refractivity contribution is -0.529. The Bertz CT molecular complexity index is 520. The summed E-state index contributed by atoms with van der Waals surface area (Å²) in [5.41, 5.74) is 0.617. The number of benzene rings is 1. The van der Waals surface area contributed by atoms with E-state index in [1.54, 1.807) is 18.2 Å². The predicted molar refractivity (Wildman–Crippen MR) is 71.6 cm³/mol. The second kappa shape index (κ2) is 5.56. The molecule has 102 valence electrons. The van der Waals surface area contributed by atoms with Crippen molar-refractivity contribution >= 4 is 21.8 Å². The highest BCUT2D eigenvalue weighted by Gasteiger charge is 2.39. The van der Waals surface area contributed by atoms with Crippen molar-refractivity contribution in [1.29, 1.82) is 0 Å². The van der Waals surface area contributed by atoms with E-state index in [-0.39, 0.29) is 23.7 Å². The number of hydrogen-bond donors (Lipinski definition) is 1. The third kappa shape index (κ3) is 2.86. The molecule has 1 saturated heterocycles. The molecule has 1 amide bonds. The first-order valence-electron chi connectivity index (χ1n) is 5.79. The van der Waals surface area contributed by atoms with Crippen molar-refractivity contribution in [2.75, 3.05) is 7.11 Å². The average molecular weight is 329 g/mol. The molecule has 1 aliphatic heterocycles. The van der Waals surface area contributed by atoms with E-state index in [4.69, 9.17) is 4.74 Å². The van der Waals surface area contributed by atoms with Gasteiger partial charge in [-0.1, -0.05) is 15.9 Å². The molecule has 7 heteroatoms. The molecule has 0 bridgehead atoms. The maximum atomic E-state index is 11.5. The van der Waals surface area contributed by atoms with Gasteiger partial charge in [-0.15, -0.1) is 0 Å². The standard InChI is InChI=1S/C12H13BrN2O4/c1-19-10-4-2-7(13)6-8(10)12-9(15(17)18)3-5-11(16)14-12/h2,4,6,9,12H,3,5H2,1H3,(H,14,16)/t9-,12+/m0/s1. The van der Waals surface area contributed by atoms with E-state index in [9.17, 15) is 14.9 Å². The van der Waals surface area contributed by atoms with Gasteiger partial charge >= 0.3 is 0 Å². The van der Waals surface area contributed by atoms with Crippen LogP contribution in [0.15, 0.2) is 22.7 Å². The molecule has 6 nitrogen and oxygen atoms in total. The van der Waals surface area contributed by atoms with Crippen molar-refractivity contribution in [3.63, 3.8) is 0 Å². The van der Waals surface area contributed by atoms with E-state index in [0.717, 1.165) is 4.47 Å². The Hall–Kier alpha value is -1.63. The fraction of sp³-hybridized carbons (Fsp3) is 0.417. The quantitative estimate of drug-likeness (QED) is 0.680. The first kappa shape index (κ1) is 13.8. The van der Waals surface area contributed by atoms with Gasteiger partial charge in [0.25, 0.3) is 0 Å². The molecule has 0 saturated carbocycles. The van der Waals surface area contributed by atoms with Crippen LogP contribution in [0.5, 0.6) is 5.75 Å². The van der Waals surface area contributed by atoms with Crippen molar-refractivity contribution in [2.45, 2.75) is 24.9 Å². The molecule has 2 atom stereocenters. The smallest absolute Gasteiger partial charge is 0.237 e. The molecular formula is C12H13BrN2O4. The van der Waals surface area contributed by atoms with E-state index in [1.165, 1.54) is 7.11 Å². The molecule has 2 rings (SSSR count). The number of amides is 1. The molecule has 1 N–H and O–H groups in total. The van der Waals surface area contributed by atoms with Crippen LogP contribution >= 0.6 is 15.9 Å². The van der Waals surface area contributed by atoms with Crippen molar-refractivity contribution < 1.29 is 14.5 Å². The summed E-state index contributed by atoms with van der Waals surface area (Å²) in [7, 11) is 1.50. The van der Waals surface area contributed by atoms with E-state index in [1.807, 2.05) is 0 Å². The normalized spacial score (nSPS) is 22.7. The Kier molecular flexibility index (Phi) is 4.04. The van der Waals surface area contributed by atoms with Crippen LogP contribution in [0.4, 0.5) is 0 Å². The lowest BCUT2D eigenvalue weighted by Crippen LogP contribution is -2.45. The molecule has 1 aliphatic rings. The number of nitrogens with zero attached hydrogens (tertiary/aromatic N) is 1. The lowest BCUT2D eigenvalue weighted by atomic mass is 9.92. The molecule has 0 unspecified atom stereocenters. The van der Waals surface area contributed by atoms with Crippen molar-refractivity contribution in [2.24, 2.45) is 0 Å². The van der Waals surface area contributed by atoms with E-state index < -0.39 is 12.1 Å². The zero-order valence-corrected chi connectivity index (χ0v) is 11.8. The maximum absolute atomic E-state index is 11.5. The molecule has 1 fully saturated rings. The Labute approximate surface area is 118 Å². The molecule has 0 aliphatic carbocycles. The molecule has 0 spiro atoms. The summed E-state index contributed by atoms with van der Waals surface area (Å²) in [6.45, 7) is 0. The van der Waals surface area contributed by atoms with Crippen LogP contribution in [0.25, 0.3) is 0 Å². The van der Waals surface area contributed by atoms with Crippen LogP contribution in [0, 0.1) is 10.1 Å². The molecule has 0 aromatic heterocycles. The van der Waals surface area contributed by atoms with E-state index >= 15 is 0 Å². The Morgan fingerprint density at radius 1 is 1.53 bits per heavy atom. The van der Waals surface area contributed by atoms with Crippen molar-refractivity contribution in [3.05, 3.63) is 38.3 Å². The number of carbonyl (C=O) groups excluding carboxylic acids is 1. The van der Waals surface area contributed by atoms with E-state index in [0.29, 0.717) is 11.3 Å². The number of ether oxygens (including phenoxy) is 1. The minimum Gasteiger partial charge on any atom is -0.496 e. The second-order valence-corrected chi connectivity index (χ2v) is 5.24. The molecule has 19 heavy (non-hydrogen) atoms. The second-order valence-electron chi connectivity index (χ2n) is 4.32. The zero-order valence-electron chi connectivity index (χ0n) is 10.3. The first-order valence-corrected chi connectivity index (χ1v) is 6.58. The van der Waals surface area contributed by atoms with Gasteiger partial charge in [-0.05, 0) is 18.2 Å². The summed E-state index contributed by atoms with van der Waals surface area (Å²) in [6.07, 6.45) is 0.414. The topological polar surface area (TPSA) is 81.5 Å². The summed E-state index contributed by atoms with van der Waals surface area (Å²) in [4.78, 5) is 22.3. The number of carbonyl (C=O) groups is 1. The maximum Gasteiger partial charge on any atom is 0.237 e. The Balaban J connectivity index is 2.43. The van der Waals surface area contributed by atoms with Crippen LogP contribution < -0.4 is 10.1 Å². The van der Waals surface area contributed by atoms with Crippen LogP contribution in [-0.4, -0.2) is 24.0 Å². The number of rotatable bonds is 3. The number of methoxy groups -OCH3 is 1. The highest BCUT2D eigenvalue weighted by molar-refractivity contribution is 9.10. The number of nitro groups is 1. The van der Waals surface area contributed by atoms with Crippen molar-refractivity contribution in [3.8, 4) is 5.75 Å². The monoisotopic (exact) mass is 328 g/mol. The van der Waals surface area contributed by atoms with Gasteiger partial charge < -0.3 is 10.1 Å². The number of piperidine rings is 1. The minimum atomic E-state index is -0.833. The molecule has 1 aromatic carbocycles. The Morgan fingerprint density at radius 3 is 2.89 bits per heavy atom. The van der Waals surface area contributed by atoms with Crippen LogP contribution in [0.1, 0.15) is 24.4 Å². The van der Waals surface area contributed by atoms with Crippen LogP contribution in [0.2, 0.25) is 0 Å². The van der Waals surface area contributed by atoms with Gasteiger partial charge in [-0.2, -0.15) is 0 Å². The van der Waals surface area contributed by atoms with Crippen molar-refractivity contribution in [1.82, 2.24) is 5.32 Å². The molecule has 1 aromatic rings. The van der Waals surface area contributed by atoms with Gasteiger partial charge in [0, 0.05) is 27.8 Å². The summed E-state index contributed by atoms with van der Waals surface area (Å²) in [5.74, 6) is 0.354. The summed E-state index contributed by atoms with van der Waals surface area (Å²) in [5, 5.41) is 13.8. The summed E-state index contributed by atoms with van der Waals surface area (Å²) >= 11 is 3.33. The highest BCUT2D eigenvalue weighted by Crippen LogP contribution is 2.34. The largest absolute Gasteiger partial charge is 0.496 e. The zero-order chi connectivity index (χ0) is 14.0. The van der Waals surface area contributed by atoms with Gasteiger partial charge in [0.15, 0.2) is 0 Å². The van der Waals surface area contributed by atoms with Gasteiger partial charge in [0.05, 0.1) is 7.11 Å². The van der Waals surface area contributed by atoms with Crippen LogP contribution in [0.3, 0.4) is 0 Å². The summed E-state index contributed by atoms with van der Waals surface area (Å²) in [6, 6.07) is 3.75. The number of hydrogen-bond acceptors (Lipinski definition) is 4. The third-order valence-electron chi connectivity index (χ3n) is 3.17. The van der Waals surface area contributed by atoms with E-state index in [2.05, 4.69) is 21.2 Å². The van der Waals surface area contributed by atoms with Crippen LogP contribution in [-0.2, 0) is 4.79 Å². The predicted octanol–water partition coefficient (Wildman–Crippen LogP) is 2.05. The first-order chi connectivity index (χ1) is 9.02. The average Bonchev–Trinajstić information content (AvgIpc) is 2.38. The summed E-state index contributed by atoms with van der Waals surface area (Å²) < 4.78 is 6.00. The number of nitrogens with one attached hydrogen (secondary N) is 1. The fourth-order valence-electron chi connectivity index (χ4n) is 2.25. The molecule has 0 radical (unpaired) electrons. The van der Waals surface area contributed by atoms with Gasteiger partial charge in [-0.3, -0.25) is 14.9 Å². The minimum absolute atomic E-state index is 0.176. The third-order valence-corrected chi connectivity index (χ3v) is 3.66. The SMILES string of the molecule is COc1ccc(Br)cc1[C@H]1NC(=O)CC[C@@H]1[N+](=O)[O-].